The number of benzene rings is 1. The van der Waals surface area contributed by atoms with E-state index in [1.165, 1.54) is 24.9 Å². The molecule has 9 heteroatoms. The lowest BCUT2D eigenvalue weighted by atomic mass is 9.63. The molecule has 7 nitrogen and oxygen atoms in total. The maximum Gasteiger partial charge on any atom is 0.343 e. The maximum absolute atomic E-state index is 13.4. The molecule has 0 bridgehead atoms. The fourth-order valence-electron chi connectivity index (χ4n) is 5.89. The number of esters is 1. The summed E-state index contributed by atoms with van der Waals surface area (Å²) in [5, 5.41) is 3.77. The molecule has 2 heterocycles. The first-order chi connectivity index (χ1) is 17.5. The highest BCUT2D eigenvalue weighted by molar-refractivity contribution is 9.10. The predicted octanol–water partition coefficient (Wildman–Crippen LogP) is 6.22. The number of carbonyl (C=O) groups excluding carboxylic acids is 2. The molecule has 202 valence electrons. The molecule has 1 saturated heterocycles. The Kier molecular flexibility index (Phi) is 8.55. The number of nitrogens with one attached hydrogen (secondary N) is 1. The van der Waals surface area contributed by atoms with Crippen molar-refractivity contribution >= 4 is 44.8 Å². The second-order valence-corrected chi connectivity index (χ2v) is 13.3. The number of nitrogens with zero attached hydrogens (tertiary/aromatic N) is 1. The van der Waals surface area contributed by atoms with E-state index >= 15 is 0 Å². The van der Waals surface area contributed by atoms with Crippen molar-refractivity contribution in [2.45, 2.75) is 53.0 Å². The van der Waals surface area contributed by atoms with E-state index in [0.717, 1.165) is 29.0 Å². The minimum Gasteiger partial charge on any atom is -0.479 e. The number of ether oxygens (including phenoxy) is 3. The molecule has 0 radical (unpaired) electrons. The first-order valence-corrected chi connectivity index (χ1v) is 14.3. The predicted molar refractivity (Wildman–Crippen MR) is 151 cm³/mol. The zero-order valence-electron chi connectivity index (χ0n) is 22.3. The molecule has 0 spiro atoms. The van der Waals surface area contributed by atoms with Crippen LogP contribution < -0.4 is 10.1 Å². The number of morpholine rings is 1. The molecule has 1 aromatic heterocycles. The van der Waals surface area contributed by atoms with Gasteiger partial charge >= 0.3 is 5.97 Å². The normalized spacial score (nSPS) is 19.4. The first kappa shape index (κ1) is 27.9. The lowest BCUT2D eigenvalue weighted by Gasteiger charge is -2.45. The van der Waals surface area contributed by atoms with Crippen LogP contribution in [-0.2, 0) is 14.3 Å². The Bertz CT molecular complexity index is 1120. The number of halogens is 1. The molecule has 4 rings (SSSR count). The molecule has 1 aromatic carbocycles. The Morgan fingerprint density at radius 1 is 1.16 bits per heavy atom. The highest BCUT2D eigenvalue weighted by Gasteiger charge is 2.38. The van der Waals surface area contributed by atoms with E-state index in [1.807, 2.05) is 12.1 Å². The monoisotopic (exact) mass is 592 g/mol. The van der Waals surface area contributed by atoms with Gasteiger partial charge in [-0.15, -0.1) is 11.3 Å². The molecule has 1 aliphatic heterocycles. The van der Waals surface area contributed by atoms with E-state index in [0.29, 0.717) is 47.4 Å². The van der Waals surface area contributed by atoms with E-state index in [-0.39, 0.29) is 23.3 Å². The minimum atomic E-state index is -0.506. The van der Waals surface area contributed by atoms with Crippen molar-refractivity contribution in [2.24, 2.45) is 10.8 Å². The van der Waals surface area contributed by atoms with Gasteiger partial charge in [0.1, 0.15) is 4.88 Å². The molecular weight excluding hydrogens is 556 g/mol. The van der Waals surface area contributed by atoms with Gasteiger partial charge in [0.05, 0.1) is 29.7 Å². The largest absolute Gasteiger partial charge is 0.479 e. The number of hydrogen-bond acceptors (Lipinski definition) is 7. The SMILES string of the molecule is COC(=O)COc1c(C(=O)N2CCOCC2)sc(-c2cccc(NC3CC(C)(C)CC(C)(C)C3)c2)c1Br. The number of rotatable bonds is 7. The lowest BCUT2D eigenvalue weighted by Crippen LogP contribution is -2.40. The van der Waals surface area contributed by atoms with Crippen LogP contribution in [0.4, 0.5) is 5.69 Å². The van der Waals surface area contributed by atoms with Crippen LogP contribution in [0.2, 0.25) is 0 Å². The summed E-state index contributed by atoms with van der Waals surface area (Å²) < 4.78 is 16.6. The van der Waals surface area contributed by atoms with Crippen LogP contribution >= 0.6 is 27.3 Å². The van der Waals surface area contributed by atoms with Crippen molar-refractivity contribution in [3.05, 3.63) is 33.6 Å². The summed E-state index contributed by atoms with van der Waals surface area (Å²) in [7, 11) is 1.31. The molecule has 2 aromatic rings. The Morgan fingerprint density at radius 2 is 1.84 bits per heavy atom. The average Bonchev–Trinajstić information content (AvgIpc) is 3.16. The fourth-order valence-corrected chi connectivity index (χ4v) is 7.90. The van der Waals surface area contributed by atoms with Gasteiger partial charge in [-0.2, -0.15) is 0 Å². The molecule has 0 unspecified atom stereocenters. The van der Waals surface area contributed by atoms with Crippen LogP contribution in [0.15, 0.2) is 28.7 Å². The first-order valence-electron chi connectivity index (χ1n) is 12.7. The van der Waals surface area contributed by atoms with Crippen molar-refractivity contribution < 1.29 is 23.8 Å². The van der Waals surface area contributed by atoms with Crippen LogP contribution in [0.1, 0.15) is 56.6 Å². The zero-order valence-corrected chi connectivity index (χ0v) is 24.7. The number of hydrogen-bond donors (Lipinski definition) is 1. The van der Waals surface area contributed by atoms with Crippen LogP contribution in [0.5, 0.6) is 5.75 Å². The number of carbonyl (C=O) groups is 2. The number of anilines is 1. The van der Waals surface area contributed by atoms with Gasteiger partial charge in [0.15, 0.2) is 12.4 Å². The highest BCUT2D eigenvalue weighted by Crippen LogP contribution is 2.48. The molecular formula is C28H37BrN2O5S. The quantitative estimate of drug-likeness (QED) is 0.385. The summed E-state index contributed by atoms with van der Waals surface area (Å²) in [4.78, 5) is 28.3. The van der Waals surface area contributed by atoms with Crippen LogP contribution in [-0.4, -0.2) is 62.8 Å². The number of thiophene rings is 1. The summed E-state index contributed by atoms with van der Waals surface area (Å²) in [6.07, 6.45) is 3.45. The van der Waals surface area contributed by atoms with Gasteiger partial charge in [0.25, 0.3) is 5.91 Å². The standard InChI is InChI=1S/C28H37BrN2O5S/c1-27(2)14-20(15-28(3,4)17-27)30-19-8-6-7-18(13-19)24-22(29)23(36-16-21(32)34-5)25(37-24)26(33)31-9-11-35-12-10-31/h6-8,13,20,30H,9-12,14-17H2,1-5H3. The van der Waals surface area contributed by atoms with Gasteiger partial charge in [0.2, 0.25) is 0 Å². The van der Waals surface area contributed by atoms with E-state index in [4.69, 9.17) is 14.2 Å². The highest BCUT2D eigenvalue weighted by atomic mass is 79.9. The molecule has 37 heavy (non-hydrogen) atoms. The van der Waals surface area contributed by atoms with Gasteiger partial charge in [-0.3, -0.25) is 4.79 Å². The Balaban J connectivity index is 1.63. The van der Waals surface area contributed by atoms with Crippen LogP contribution in [0, 0.1) is 10.8 Å². The van der Waals surface area contributed by atoms with Gasteiger partial charge in [-0.05, 0) is 63.7 Å². The summed E-state index contributed by atoms with van der Waals surface area (Å²) >= 11 is 5.04. The lowest BCUT2D eigenvalue weighted by molar-refractivity contribution is -0.142. The van der Waals surface area contributed by atoms with E-state index < -0.39 is 5.97 Å². The van der Waals surface area contributed by atoms with Crippen molar-refractivity contribution in [3.8, 4) is 16.2 Å². The van der Waals surface area contributed by atoms with Gasteiger partial charge in [0, 0.05) is 24.8 Å². The summed E-state index contributed by atoms with van der Waals surface area (Å²) in [6, 6.07) is 8.66. The topological polar surface area (TPSA) is 77.1 Å². The van der Waals surface area contributed by atoms with Crippen molar-refractivity contribution in [2.75, 3.05) is 45.3 Å². The second kappa shape index (κ2) is 11.3. The molecule has 2 fully saturated rings. The zero-order chi connectivity index (χ0) is 26.8. The van der Waals surface area contributed by atoms with E-state index in [9.17, 15) is 9.59 Å². The third kappa shape index (κ3) is 6.86. The summed E-state index contributed by atoms with van der Waals surface area (Å²) in [5.74, 6) is -0.258. The molecule has 2 aliphatic rings. The molecule has 1 N–H and O–H groups in total. The van der Waals surface area contributed by atoms with E-state index in [2.05, 4.69) is 61.1 Å². The third-order valence-electron chi connectivity index (χ3n) is 6.91. The third-order valence-corrected chi connectivity index (χ3v) is 9.14. The Hall–Kier alpha value is -2.10. The summed E-state index contributed by atoms with van der Waals surface area (Å²) in [6.45, 7) is 11.2. The smallest absolute Gasteiger partial charge is 0.343 e. The van der Waals surface area contributed by atoms with Crippen molar-refractivity contribution in [1.82, 2.24) is 4.90 Å². The van der Waals surface area contributed by atoms with E-state index in [1.54, 1.807) is 4.90 Å². The van der Waals surface area contributed by atoms with Crippen molar-refractivity contribution in [1.29, 1.82) is 0 Å². The van der Waals surface area contributed by atoms with Gasteiger partial charge in [-0.1, -0.05) is 39.8 Å². The maximum atomic E-state index is 13.4. The molecule has 1 aliphatic carbocycles. The fraction of sp³-hybridized carbons (Fsp3) is 0.571. The summed E-state index contributed by atoms with van der Waals surface area (Å²) in [5.41, 5.74) is 2.60. The molecule has 1 saturated carbocycles. The van der Waals surface area contributed by atoms with Gasteiger partial charge < -0.3 is 24.4 Å². The van der Waals surface area contributed by atoms with Crippen LogP contribution in [0.25, 0.3) is 10.4 Å². The van der Waals surface area contributed by atoms with Gasteiger partial charge in [-0.25, -0.2) is 4.79 Å². The molecule has 0 atom stereocenters. The van der Waals surface area contributed by atoms with Crippen LogP contribution in [0.3, 0.4) is 0 Å². The second-order valence-electron chi connectivity index (χ2n) is 11.5. The Labute approximate surface area is 232 Å². The number of methoxy groups -OCH3 is 1. The molecule has 1 amide bonds. The minimum absolute atomic E-state index is 0.124. The van der Waals surface area contributed by atoms with Crippen molar-refractivity contribution in [3.63, 3.8) is 0 Å². The Morgan fingerprint density at radius 3 is 2.49 bits per heavy atom. The average molecular weight is 594 g/mol. The number of amides is 1.